The highest BCUT2D eigenvalue weighted by Gasteiger charge is 2.27. The van der Waals surface area contributed by atoms with Crippen molar-refractivity contribution in [3.63, 3.8) is 0 Å². The van der Waals surface area contributed by atoms with Crippen LogP contribution in [0.4, 0.5) is 0 Å². The van der Waals surface area contributed by atoms with Crippen molar-refractivity contribution in [1.82, 2.24) is 5.32 Å². The van der Waals surface area contributed by atoms with Gasteiger partial charge in [0.2, 0.25) is 5.91 Å². The first-order valence-electron chi connectivity index (χ1n) is 18.8. The van der Waals surface area contributed by atoms with Crippen LogP contribution >= 0.6 is 7.82 Å². The highest BCUT2D eigenvalue weighted by Crippen LogP contribution is 2.43. The summed E-state index contributed by atoms with van der Waals surface area (Å²) in [6.45, 7) is 4.56. The number of phosphoric acid groups is 1. The molecule has 3 atom stereocenters. The normalized spacial score (nSPS) is 15.5. The fourth-order valence-corrected chi connectivity index (χ4v) is 5.39. The van der Waals surface area contributed by atoms with Gasteiger partial charge in [-0.25, -0.2) is 4.57 Å². The topological polar surface area (TPSA) is 105 Å². The average molecular weight is 708 g/mol. The Labute approximate surface area is 300 Å². The van der Waals surface area contributed by atoms with Crippen molar-refractivity contribution in [3.05, 3.63) is 72.9 Å². The molecule has 8 nitrogen and oxygen atoms in total. The quantitative estimate of drug-likeness (QED) is 0.0278. The second-order valence-corrected chi connectivity index (χ2v) is 15.0. The van der Waals surface area contributed by atoms with Crippen molar-refractivity contribution in [2.45, 2.75) is 135 Å². The van der Waals surface area contributed by atoms with Gasteiger partial charge in [0.1, 0.15) is 13.2 Å². The molecule has 0 rings (SSSR count). The Morgan fingerprint density at radius 1 is 0.714 bits per heavy atom. The Hall–Kier alpha value is -2.06. The van der Waals surface area contributed by atoms with E-state index in [4.69, 9.17) is 9.05 Å². The largest absolute Gasteiger partial charge is 0.472 e. The van der Waals surface area contributed by atoms with Gasteiger partial charge in [0.15, 0.2) is 0 Å². The molecule has 0 aromatic carbocycles. The lowest BCUT2D eigenvalue weighted by Crippen LogP contribution is -2.45. The molecule has 9 heteroatoms. The van der Waals surface area contributed by atoms with Gasteiger partial charge >= 0.3 is 7.82 Å². The second kappa shape index (κ2) is 31.9. The third-order valence-electron chi connectivity index (χ3n) is 7.68. The average Bonchev–Trinajstić information content (AvgIpc) is 3.04. The number of aliphatic hydroxyl groups is 1. The van der Waals surface area contributed by atoms with Crippen molar-refractivity contribution in [3.8, 4) is 0 Å². The molecule has 0 aliphatic carbocycles. The van der Waals surface area contributed by atoms with Gasteiger partial charge < -0.3 is 19.8 Å². The molecule has 1 amide bonds. The number of aliphatic hydroxyl groups excluding tert-OH is 1. The zero-order valence-electron chi connectivity index (χ0n) is 31.6. The Kier molecular flexibility index (Phi) is 30.5. The maximum Gasteiger partial charge on any atom is 0.472 e. The predicted octanol–water partition coefficient (Wildman–Crippen LogP) is 9.68. The van der Waals surface area contributed by atoms with E-state index in [0.717, 1.165) is 96.3 Å². The van der Waals surface area contributed by atoms with Gasteiger partial charge in [-0.2, -0.15) is 0 Å². The molecule has 282 valence electrons. The minimum absolute atomic E-state index is 0.0524. The number of nitrogens with one attached hydrogen (secondary N) is 1. The van der Waals surface area contributed by atoms with Crippen molar-refractivity contribution < 1.29 is 32.9 Å². The first kappa shape index (κ1) is 46.9. The number of allylic oxidation sites excluding steroid dienone is 11. The molecule has 0 saturated carbocycles. The van der Waals surface area contributed by atoms with Crippen molar-refractivity contribution in [2.24, 2.45) is 0 Å². The summed E-state index contributed by atoms with van der Waals surface area (Å²) in [4.78, 5) is 22.9. The summed E-state index contributed by atoms with van der Waals surface area (Å²) < 4.78 is 23.3. The summed E-state index contributed by atoms with van der Waals surface area (Å²) in [6.07, 6.45) is 41.4. The number of carbonyl (C=O) groups is 1. The van der Waals surface area contributed by atoms with Gasteiger partial charge in [0.05, 0.1) is 39.9 Å². The van der Waals surface area contributed by atoms with Crippen LogP contribution in [0.5, 0.6) is 0 Å². The van der Waals surface area contributed by atoms with E-state index in [0.29, 0.717) is 17.4 Å². The van der Waals surface area contributed by atoms with Gasteiger partial charge in [0, 0.05) is 6.42 Å². The summed E-state index contributed by atoms with van der Waals surface area (Å²) in [5, 5.41) is 13.6. The molecular weight excluding hydrogens is 635 g/mol. The Bertz CT molecular complexity index is 1030. The number of likely N-dealkylation sites (N-methyl/N-ethyl adjacent to an activating group) is 1. The van der Waals surface area contributed by atoms with E-state index in [1.807, 2.05) is 27.2 Å². The van der Waals surface area contributed by atoms with E-state index in [1.165, 1.54) is 6.42 Å². The maximum absolute atomic E-state index is 12.7. The second-order valence-electron chi connectivity index (χ2n) is 13.6. The molecule has 49 heavy (non-hydrogen) atoms. The fourth-order valence-electron chi connectivity index (χ4n) is 4.65. The number of rotatable bonds is 32. The van der Waals surface area contributed by atoms with Crippen LogP contribution in [0.15, 0.2) is 72.9 Å². The SMILES string of the molecule is CC/C=C\C/C=C\C/C=C\C/C=C\C/C=C\CCCCCCCC(=O)NC(COP(=O)(O)OCC[N+](C)(C)C)C(O)/C=C/CCCCCC. The summed E-state index contributed by atoms with van der Waals surface area (Å²) in [6, 6.07) is -0.856. The number of hydrogen-bond donors (Lipinski definition) is 3. The molecule has 3 N–H and O–H groups in total. The van der Waals surface area contributed by atoms with Gasteiger partial charge in [-0.15, -0.1) is 0 Å². The molecule has 0 aromatic heterocycles. The minimum atomic E-state index is -4.33. The molecule has 0 saturated heterocycles. The lowest BCUT2D eigenvalue weighted by atomic mass is 10.1. The van der Waals surface area contributed by atoms with E-state index in [9.17, 15) is 19.4 Å². The molecule has 0 radical (unpaired) electrons. The molecule has 0 aromatic rings. The molecular formula is C40H72N2O6P+. The molecule has 3 unspecified atom stereocenters. The first-order valence-corrected chi connectivity index (χ1v) is 20.3. The van der Waals surface area contributed by atoms with Gasteiger partial charge in [0.25, 0.3) is 0 Å². The van der Waals surface area contributed by atoms with Crippen LogP contribution in [0.25, 0.3) is 0 Å². The van der Waals surface area contributed by atoms with Gasteiger partial charge in [-0.05, 0) is 64.2 Å². The Balaban J connectivity index is 4.35. The zero-order chi connectivity index (χ0) is 36.5. The molecule has 0 spiro atoms. The van der Waals surface area contributed by atoms with Crippen LogP contribution in [-0.4, -0.2) is 73.4 Å². The Morgan fingerprint density at radius 3 is 1.80 bits per heavy atom. The van der Waals surface area contributed by atoms with Crippen molar-refractivity contribution in [1.29, 1.82) is 0 Å². The molecule has 0 aliphatic heterocycles. The molecule has 0 fully saturated rings. The predicted molar refractivity (Wildman–Crippen MR) is 207 cm³/mol. The van der Waals surface area contributed by atoms with Crippen LogP contribution in [0.1, 0.15) is 123 Å². The van der Waals surface area contributed by atoms with Crippen molar-refractivity contribution in [2.75, 3.05) is 40.9 Å². The van der Waals surface area contributed by atoms with E-state index in [1.54, 1.807) is 6.08 Å². The van der Waals surface area contributed by atoms with E-state index in [2.05, 4.69) is 79.9 Å². The van der Waals surface area contributed by atoms with E-state index >= 15 is 0 Å². The van der Waals surface area contributed by atoms with Crippen LogP contribution in [0.2, 0.25) is 0 Å². The van der Waals surface area contributed by atoms with Crippen LogP contribution in [-0.2, 0) is 18.4 Å². The van der Waals surface area contributed by atoms with Crippen LogP contribution in [0.3, 0.4) is 0 Å². The van der Waals surface area contributed by atoms with Gasteiger partial charge in [-0.3, -0.25) is 13.8 Å². The monoisotopic (exact) mass is 708 g/mol. The van der Waals surface area contributed by atoms with E-state index in [-0.39, 0.29) is 19.1 Å². The standard InChI is InChI=1S/C40H71N2O6P/c1-6-8-10-12-14-15-16-17-18-19-20-21-22-23-24-25-26-27-28-30-32-34-40(44)41-38(39(43)33-31-29-13-11-9-7-2)37-48-49(45,46)47-36-35-42(3,4)5/h8,10,14-15,17-18,20-21,23-24,31,33,38-39,43H,6-7,9,11-13,16,19,22,25-30,32,34-37H2,1-5H3,(H-,41,44,45,46)/p+1/b10-8-,15-14-,18-17-,21-20-,24-23-,33-31+. The van der Waals surface area contributed by atoms with Crippen molar-refractivity contribution >= 4 is 13.7 Å². The smallest absolute Gasteiger partial charge is 0.387 e. The van der Waals surface area contributed by atoms with Gasteiger partial charge in [-0.1, -0.05) is 125 Å². The molecule has 0 bridgehead atoms. The molecule has 0 aliphatic rings. The molecule has 0 heterocycles. The lowest BCUT2D eigenvalue weighted by Gasteiger charge is -2.25. The number of amides is 1. The number of nitrogens with zero attached hydrogens (tertiary/aromatic N) is 1. The summed E-state index contributed by atoms with van der Waals surface area (Å²) in [7, 11) is 1.54. The highest BCUT2D eigenvalue weighted by atomic mass is 31.2. The first-order chi connectivity index (χ1) is 23.5. The summed E-state index contributed by atoms with van der Waals surface area (Å²) in [5.74, 6) is -0.207. The highest BCUT2D eigenvalue weighted by molar-refractivity contribution is 7.47. The minimum Gasteiger partial charge on any atom is -0.387 e. The van der Waals surface area contributed by atoms with Crippen LogP contribution in [0, 0.1) is 0 Å². The van der Waals surface area contributed by atoms with E-state index < -0.39 is 20.0 Å². The number of unbranched alkanes of at least 4 members (excludes halogenated alkanes) is 9. The fraction of sp³-hybridized carbons (Fsp3) is 0.675. The third-order valence-corrected chi connectivity index (χ3v) is 8.67. The zero-order valence-corrected chi connectivity index (χ0v) is 32.5. The number of hydrogen-bond acceptors (Lipinski definition) is 5. The number of phosphoric ester groups is 1. The number of carbonyl (C=O) groups excluding carboxylic acids is 1. The summed E-state index contributed by atoms with van der Waals surface area (Å²) >= 11 is 0. The lowest BCUT2D eigenvalue weighted by molar-refractivity contribution is -0.870. The Morgan fingerprint density at radius 2 is 1.22 bits per heavy atom. The number of quaternary nitrogens is 1. The third kappa shape index (κ3) is 34.2. The van der Waals surface area contributed by atoms with Crippen LogP contribution < -0.4 is 5.32 Å². The maximum atomic E-state index is 12.7. The summed E-state index contributed by atoms with van der Waals surface area (Å²) in [5.41, 5.74) is 0.